The van der Waals surface area contributed by atoms with Crippen LogP contribution in [0.4, 0.5) is 4.39 Å². The molecule has 0 bridgehead atoms. The number of halogens is 2. The lowest BCUT2D eigenvalue weighted by Crippen LogP contribution is -2.49. The SMILES string of the molecule is COC(=O)C1C=C(F)C=CC1(CBr)[N+](=O)[O-]. The molecule has 0 saturated carbocycles. The Morgan fingerprint density at radius 1 is 1.81 bits per heavy atom. The van der Waals surface area contributed by atoms with E-state index in [1.54, 1.807) is 0 Å². The van der Waals surface area contributed by atoms with E-state index in [9.17, 15) is 19.3 Å². The van der Waals surface area contributed by atoms with Crippen LogP contribution < -0.4 is 0 Å². The molecule has 0 aromatic heterocycles. The summed E-state index contributed by atoms with van der Waals surface area (Å²) < 4.78 is 17.4. The number of nitrogens with zero attached hydrogens (tertiary/aromatic N) is 1. The molecule has 1 aliphatic rings. The van der Waals surface area contributed by atoms with E-state index in [1.165, 1.54) is 0 Å². The van der Waals surface area contributed by atoms with Crippen molar-refractivity contribution in [1.29, 1.82) is 0 Å². The van der Waals surface area contributed by atoms with Crippen molar-refractivity contribution in [3.8, 4) is 0 Å². The highest BCUT2D eigenvalue weighted by Crippen LogP contribution is 2.33. The zero-order valence-corrected chi connectivity index (χ0v) is 9.94. The number of hydrogen-bond acceptors (Lipinski definition) is 4. The topological polar surface area (TPSA) is 69.4 Å². The molecule has 1 aliphatic carbocycles. The molecule has 88 valence electrons. The molecule has 0 spiro atoms. The standard InChI is InChI=1S/C9H9BrFNO4/c1-16-8(13)7-4-6(11)2-3-9(7,5-10)12(14)15/h2-4,7H,5H2,1H3. The number of esters is 1. The molecule has 2 unspecified atom stereocenters. The van der Waals surface area contributed by atoms with Gasteiger partial charge in [0.15, 0.2) is 5.92 Å². The van der Waals surface area contributed by atoms with Crippen molar-refractivity contribution in [3.63, 3.8) is 0 Å². The Bertz CT molecular complexity index is 382. The molecular weight excluding hydrogens is 285 g/mol. The van der Waals surface area contributed by atoms with Gasteiger partial charge in [0.2, 0.25) is 0 Å². The second-order valence-corrected chi connectivity index (χ2v) is 3.83. The summed E-state index contributed by atoms with van der Waals surface area (Å²) in [6.45, 7) is 0. The van der Waals surface area contributed by atoms with Crippen molar-refractivity contribution in [3.05, 3.63) is 34.2 Å². The van der Waals surface area contributed by atoms with Crippen LogP contribution in [0.3, 0.4) is 0 Å². The Labute approximate surface area is 99.2 Å². The highest BCUT2D eigenvalue weighted by Gasteiger charge is 2.52. The largest absolute Gasteiger partial charge is 0.468 e. The minimum absolute atomic E-state index is 0.104. The van der Waals surface area contributed by atoms with E-state index in [2.05, 4.69) is 20.7 Å². The van der Waals surface area contributed by atoms with E-state index in [0.29, 0.717) is 0 Å². The van der Waals surface area contributed by atoms with E-state index in [0.717, 1.165) is 25.3 Å². The van der Waals surface area contributed by atoms with Crippen LogP contribution in [0.5, 0.6) is 0 Å². The summed E-state index contributed by atoms with van der Waals surface area (Å²) in [7, 11) is 1.10. The molecule has 0 aliphatic heterocycles. The lowest BCUT2D eigenvalue weighted by Gasteiger charge is -2.27. The molecule has 5 nitrogen and oxygen atoms in total. The molecule has 0 amide bonds. The van der Waals surface area contributed by atoms with Crippen LogP contribution in [-0.4, -0.2) is 28.9 Å². The van der Waals surface area contributed by atoms with Crippen molar-refractivity contribution in [2.45, 2.75) is 5.54 Å². The zero-order valence-electron chi connectivity index (χ0n) is 8.35. The molecular formula is C9H9BrFNO4. The minimum atomic E-state index is -1.69. The third-order valence-electron chi connectivity index (χ3n) is 2.40. The summed E-state index contributed by atoms with van der Waals surface area (Å²) in [6, 6.07) is 0. The van der Waals surface area contributed by atoms with Crippen molar-refractivity contribution in [2.24, 2.45) is 5.92 Å². The number of rotatable bonds is 3. The first-order valence-corrected chi connectivity index (χ1v) is 5.45. The Kier molecular flexibility index (Phi) is 3.79. The van der Waals surface area contributed by atoms with Gasteiger partial charge < -0.3 is 4.74 Å². The monoisotopic (exact) mass is 293 g/mol. The molecule has 2 atom stereocenters. The van der Waals surface area contributed by atoms with E-state index in [4.69, 9.17) is 0 Å². The summed E-state index contributed by atoms with van der Waals surface area (Å²) in [5.74, 6) is -2.79. The highest BCUT2D eigenvalue weighted by atomic mass is 79.9. The number of allylic oxidation sites excluding steroid dienone is 2. The lowest BCUT2D eigenvalue weighted by molar-refractivity contribution is -0.554. The zero-order chi connectivity index (χ0) is 12.3. The molecule has 0 heterocycles. The van der Waals surface area contributed by atoms with Gasteiger partial charge in [-0.3, -0.25) is 14.9 Å². The molecule has 0 fully saturated rings. The van der Waals surface area contributed by atoms with Crippen molar-refractivity contribution >= 4 is 21.9 Å². The molecule has 0 N–H and O–H groups in total. The maximum absolute atomic E-state index is 13.0. The first-order valence-electron chi connectivity index (χ1n) is 4.33. The minimum Gasteiger partial charge on any atom is -0.468 e. The average molecular weight is 294 g/mol. The predicted molar refractivity (Wildman–Crippen MR) is 57.4 cm³/mol. The summed E-state index contributed by atoms with van der Waals surface area (Å²) in [5.41, 5.74) is -1.69. The molecule has 1 rings (SSSR count). The van der Waals surface area contributed by atoms with Crippen LogP contribution >= 0.6 is 15.9 Å². The number of carbonyl (C=O) groups excluding carboxylic acids is 1. The predicted octanol–water partition coefficient (Wildman–Crippen LogP) is 1.61. The molecule has 0 radical (unpaired) electrons. The van der Waals surface area contributed by atoms with Gasteiger partial charge in [0.25, 0.3) is 5.54 Å². The van der Waals surface area contributed by atoms with Gasteiger partial charge in [0.1, 0.15) is 5.83 Å². The number of carbonyl (C=O) groups is 1. The molecule has 0 saturated heterocycles. The summed E-state index contributed by atoms with van der Waals surface area (Å²) in [4.78, 5) is 21.8. The maximum Gasteiger partial charge on any atom is 0.320 e. The lowest BCUT2D eigenvalue weighted by atomic mass is 9.82. The number of alkyl halides is 1. The van der Waals surface area contributed by atoms with Gasteiger partial charge >= 0.3 is 5.97 Å². The summed E-state index contributed by atoms with van der Waals surface area (Å²) >= 11 is 2.97. The summed E-state index contributed by atoms with van der Waals surface area (Å²) in [5, 5.41) is 10.9. The normalized spacial score (nSPS) is 28.4. The molecule has 16 heavy (non-hydrogen) atoms. The van der Waals surface area contributed by atoms with E-state index in [-0.39, 0.29) is 5.33 Å². The third-order valence-corrected chi connectivity index (χ3v) is 3.30. The smallest absolute Gasteiger partial charge is 0.320 e. The van der Waals surface area contributed by atoms with E-state index in [1.807, 2.05) is 0 Å². The van der Waals surface area contributed by atoms with Gasteiger partial charge in [-0.2, -0.15) is 0 Å². The van der Waals surface area contributed by atoms with Crippen LogP contribution in [0.25, 0.3) is 0 Å². The van der Waals surface area contributed by atoms with Crippen molar-refractivity contribution in [1.82, 2.24) is 0 Å². The number of nitro groups is 1. The van der Waals surface area contributed by atoms with Crippen molar-refractivity contribution in [2.75, 3.05) is 12.4 Å². The molecule has 0 aromatic rings. The fraction of sp³-hybridized carbons (Fsp3) is 0.444. The Hall–Kier alpha value is -1.24. The van der Waals surface area contributed by atoms with Gasteiger partial charge in [-0.05, 0) is 18.2 Å². The fourth-order valence-corrected chi connectivity index (χ4v) is 2.18. The Balaban J connectivity index is 3.21. The fourth-order valence-electron chi connectivity index (χ4n) is 1.44. The first-order chi connectivity index (χ1) is 7.47. The van der Waals surface area contributed by atoms with Crippen LogP contribution in [0, 0.1) is 16.0 Å². The Morgan fingerprint density at radius 3 is 2.88 bits per heavy atom. The third kappa shape index (κ3) is 1.99. The highest BCUT2D eigenvalue weighted by molar-refractivity contribution is 9.09. The van der Waals surface area contributed by atoms with Crippen molar-refractivity contribution < 1.29 is 18.8 Å². The number of hydrogen-bond donors (Lipinski definition) is 0. The summed E-state index contributed by atoms with van der Waals surface area (Å²) in [6.07, 6.45) is 2.94. The number of ether oxygens (including phenoxy) is 1. The Morgan fingerprint density at radius 2 is 2.44 bits per heavy atom. The van der Waals surface area contributed by atoms with Gasteiger partial charge in [-0.25, -0.2) is 4.39 Å². The molecule has 0 aromatic carbocycles. The van der Waals surface area contributed by atoms with Gasteiger partial charge in [0, 0.05) is 4.92 Å². The second kappa shape index (κ2) is 4.73. The average Bonchev–Trinajstić information content (AvgIpc) is 2.28. The maximum atomic E-state index is 13.0. The van der Waals surface area contributed by atoms with Crippen LogP contribution in [0.15, 0.2) is 24.1 Å². The van der Waals surface area contributed by atoms with E-state index >= 15 is 0 Å². The van der Waals surface area contributed by atoms with Gasteiger partial charge in [0.05, 0.1) is 12.4 Å². The van der Waals surface area contributed by atoms with Crippen LogP contribution in [-0.2, 0) is 9.53 Å². The van der Waals surface area contributed by atoms with E-state index < -0.39 is 28.2 Å². The first kappa shape index (κ1) is 12.8. The molecule has 7 heteroatoms. The second-order valence-electron chi connectivity index (χ2n) is 3.27. The van der Waals surface area contributed by atoms with Crippen LogP contribution in [0.2, 0.25) is 0 Å². The van der Waals surface area contributed by atoms with Crippen LogP contribution in [0.1, 0.15) is 0 Å². The number of methoxy groups -OCH3 is 1. The van der Waals surface area contributed by atoms with Gasteiger partial charge in [-0.15, -0.1) is 0 Å². The quantitative estimate of drug-likeness (QED) is 0.343. The van der Waals surface area contributed by atoms with Gasteiger partial charge in [-0.1, -0.05) is 15.9 Å².